The largest absolute Gasteiger partial charge is 0.348 e. The molecule has 31 heavy (non-hydrogen) atoms. The number of nitrogens with one attached hydrogen (secondary N) is 2. The molecule has 0 saturated carbocycles. The van der Waals surface area contributed by atoms with Crippen molar-refractivity contribution in [2.75, 3.05) is 0 Å². The molecule has 1 heterocycles. The van der Waals surface area contributed by atoms with Crippen molar-refractivity contribution >= 4 is 27.3 Å². The van der Waals surface area contributed by atoms with E-state index in [1.165, 1.54) is 41.6 Å². The van der Waals surface area contributed by atoms with Gasteiger partial charge >= 0.3 is 0 Å². The fraction of sp³-hybridized carbons (Fsp3) is 0.261. The van der Waals surface area contributed by atoms with Crippen molar-refractivity contribution in [3.8, 4) is 0 Å². The lowest BCUT2D eigenvalue weighted by Crippen LogP contribution is -2.25. The summed E-state index contributed by atoms with van der Waals surface area (Å²) in [5.41, 5.74) is 3.11. The van der Waals surface area contributed by atoms with E-state index in [4.69, 9.17) is 0 Å². The van der Waals surface area contributed by atoms with E-state index in [1.807, 2.05) is 5.38 Å². The second-order valence-electron chi connectivity index (χ2n) is 7.54. The topological polar surface area (TPSA) is 75.3 Å². The Hall–Kier alpha value is -2.55. The molecule has 3 aromatic rings. The lowest BCUT2D eigenvalue weighted by atomic mass is 9.95. The maximum absolute atomic E-state index is 13.3. The fourth-order valence-electron chi connectivity index (χ4n) is 3.69. The maximum Gasteiger partial charge on any atom is 0.252 e. The van der Waals surface area contributed by atoms with Gasteiger partial charge in [0, 0.05) is 23.3 Å². The summed E-state index contributed by atoms with van der Waals surface area (Å²) in [6.07, 6.45) is 4.25. The van der Waals surface area contributed by atoms with E-state index in [9.17, 15) is 17.6 Å². The summed E-state index contributed by atoms with van der Waals surface area (Å²) in [4.78, 5) is 14.1. The molecule has 0 atom stereocenters. The van der Waals surface area contributed by atoms with E-state index in [0.29, 0.717) is 11.1 Å². The van der Waals surface area contributed by atoms with Crippen LogP contribution in [0.3, 0.4) is 0 Å². The molecule has 162 valence electrons. The van der Waals surface area contributed by atoms with E-state index in [-0.39, 0.29) is 23.9 Å². The molecule has 0 radical (unpaired) electrons. The Bertz CT molecular complexity index is 1210. The van der Waals surface area contributed by atoms with Crippen molar-refractivity contribution in [3.63, 3.8) is 0 Å². The Morgan fingerprint density at radius 1 is 1.00 bits per heavy atom. The minimum atomic E-state index is -3.77. The third-order valence-corrected chi connectivity index (χ3v) is 7.81. The number of fused-ring (bicyclic) bond motifs is 1. The van der Waals surface area contributed by atoms with Crippen molar-refractivity contribution in [1.29, 1.82) is 0 Å². The molecule has 1 aromatic heterocycles. The van der Waals surface area contributed by atoms with Crippen LogP contribution >= 0.6 is 11.3 Å². The summed E-state index contributed by atoms with van der Waals surface area (Å²) in [6.45, 7) is 0.223. The van der Waals surface area contributed by atoms with Crippen LogP contribution < -0.4 is 10.0 Å². The standard InChI is InChI=1S/C23H23FN2O3S2/c24-18-7-3-5-16(11-18)14-26-31(28,29)19-8-4-6-17(12-19)13-25-23(27)21-15-30-22-10-2-1-9-20(21)22/h3-8,11-12,15,26H,1-2,9-10,13-14H2,(H,25,27). The molecule has 0 spiro atoms. The Balaban J connectivity index is 1.40. The Labute approximate surface area is 185 Å². The zero-order valence-corrected chi connectivity index (χ0v) is 18.5. The van der Waals surface area contributed by atoms with Gasteiger partial charge < -0.3 is 5.32 Å². The Morgan fingerprint density at radius 3 is 2.55 bits per heavy atom. The molecule has 4 rings (SSSR count). The summed E-state index contributed by atoms with van der Waals surface area (Å²) in [5.74, 6) is -0.543. The SMILES string of the molecule is O=C(NCc1cccc(S(=O)(=O)NCc2cccc(F)c2)c1)c1csc2c1CCCC2. The maximum atomic E-state index is 13.3. The van der Waals surface area contributed by atoms with Gasteiger partial charge in [0.15, 0.2) is 0 Å². The van der Waals surface area contributed by atoms with Gasteiger partial charge in [-0.05, 0) is 66.6 Å². The van der Waals surface area contributed by atoms with Crippen LogP contribution in [0, 0.1) is 5.82 Å². The van der Waals surface area contributed by atoms with Gasteiger partial charge in [-0.15, -0.1) is 11.3 Å². The second kappa shape index (κ2) is 9.30. The molecule has 0 fully saturated rings. The first-order valence-electron chi connectivity index (χ1n) is 10.1. The lowest BCUT2D eigenvalue weighted by Gasteiger charge is -2.13. The predicted molar refractivity (Wildman–Crippen MR) is 119 cm³/mol. The van der Waals surface area contributed by atoms with Gasteiger partial charge in [0.25, 0.3) is 5.91 Å². The van der Waals surface area contributed by atoms with E-state index in [1.54, 1.807) is 29.5 Å². The van der Waals surface area contributed by atoms with Gasteiger partial charge in [0.2, 0.25) is 10.0 Å². The molecular formula is C23H23FN2O3S2. The average molecular weight is 459 g/mol. The normalized spacial score (nSPS) is 13.6. The number of sulfonamides is 1. The highest BCUT2D eigenvalue weighted by Crippen LogP contribution is 2.30. The third kappa shape index (κ3) is 5.20. The van der Waals surface area contributed by atoms with Crippen LogP contribution in [0.1, 0.15) is 44.8 Å². The zero-order chi connectivity index (χ0) is 21.8. The summed E-state index contributed by atoms with van der Waals surface area (Å²) >= 11 is 1.64. The van der Waals surface area contributed by atoms with E-state index in [0.717, 1.165) is 30.4 Å². The van der Waals surface area contributed by atoms with Crippen LogP contribution in [0.15, 0.2) is 58.8 Å². The molecule has 8 heteroatoms. The zero-order valence-electron chi connectivity index (χ0n) is 16.9. The number of rotatable bonds is 7. The number of carbonyl (C=O) groups is 1. The first-order valence-corrected chi connectivity index (χ1v) is 12.5. The van der Waals surface area contributed by atoms with E-state index < -0.39 is 15.8 Å². The summed E-state index contributed by atoms with van der Waals surface area (Å²) in [7, 11) is -3.77. The molecule has 1 aliphatic carbocycles. The first-order chi connectivity index (χ1) is 14.9. The number of hydrogen-bond donors (Lipinski definition) is 2. The van der Waals surface area contributed by atoms with Gasteiger partial charge in [-0.3, -0.25) is 4.79 Å². The van der Waals surface area contributed by atoms with E-state index in [2.05, 4.69) is 10.0 Å². The molecule has 0 bridgehead atoms. The third-order valence-electron chi connectivity index (χ3n) is 5.32. The van der Waals surface area contributed by atoms with Crippen molar-refractivity contribution in [2.24, 2.45) is 0 Å². The lowest BCUT2D eigenvalue weighted by molar-refractivity contribution is 0.0950. The number of aryl methyl sites for hydroxylation is 1. The molecule has 0 unspecified atom stereocenters. The molecular weight excluding hydrogens is 435 g/mol. The number of benzene rings is 2. The number of amides is 1. The van der Waals surface area contributed by atoms with Crippen molar-refractivity contribution < 1.29 is 17.6 Å². The van der Waals surface area contributed by atoms with Crippen LogP contribution in [-0.2, 0) is 36.0 Å². The minimum Gasteiger partial charge on any atom is -0.348 e. The molecule has 5 nitrogen and oxygen atoms in total. The quantitative estimate of drug-likeness (QED) is 0.558. The fourth-order valence-corrected chi connectivity index (χ4v) is 5.91. The second-order valence-corrected chi connectivity index (χ2v) is 10.3. The van der Waals surface area contributed by atoms with Crippen molar-refractivity contribution in [1.82, 2.24) is 10.0 Å². The predicted octanol–water partition coefficient (Wildman–Crippen LogP) is 4.17. The van der Waals surface area contributed by atoms with Crippen LogP contribution in [0.5, 0.6) is 0 Å². The number of thiophene rings is 1. The highest BCUT2D eigenvalue weighted by Gasteiger charge is 2.20. The van der Waals surface area contributed by atoms with Gasteiger partial charge in [0.1, 0.15) is 5.82 Å². The molecule has 2 N–H and O–H groups in total. The average Bonchev–Trinajstić information content (AvgIpc) is 3.21. The van der Waals surface area contributed by atoms with Crippen LogP contribution in [0.4, 0.5) is 4.39 Å². The Kier molecular flexibility index (Phi) is 6.50. The van der Waals surface area contributed by atoms with Crippen LogP contribution in [-0.4, -0.2) is 14.3 Å². The summed E-state index contributed by atoms with van der Waals surface area (Å²) in [6, 6.07) is 12.2. The molecule has 2 aromatic carbocycles. The number of carbonyl (C=O) groups excluding carboxylic acids is 1. The highest BCUT2D eigenvalue weighted by molar-refractivity contribution is 7.89. The van der Waals surface area contributed by atoms with Gasteiger partial charge in [-0.2, -0.15) is 0 Å². The minimum absolute atomic E-state index is 0.00960. The monoisotopic (exact) mass is 458 g/mol. The van der Waals surface area contributed by atoms with Crippen LogP contribution in [0.2, 0.25) is 0 Å². The van der Waals surface area contributed by atoms with Gasteiger partial charge in [0.05, 0.1) is 10.5 Å². The summed E-state index contributed by atoms with van der Waals surface area (Å²) in [5, 5.41) is 4.82. The van der Waals surface area contributed by atoms with Gasteiger partial charge in [-0.25, -0.2) is 17.5 Å². The van der Waals surface area contributed by atoms with Crippen molar-refractivity contribution in [3.05, 3.63) is 86.9 Å². The van der Waals surface area contributed by atoms with Gasteiger partial charge in [-0.1, -0.05) is 24.3 Å². The highest BCUT2D eigenvalue weighted by atomic mass is 32.2. The Morgan fingerprint density at radius 2 is 1.74 bits per heavy atom. The smallest absolute Gasteiger partial charge is 0.252 e. The molecule has 1 amide bonds. The van der Waals surface area contributed by atoms with E-state index >= 15 is 0 Å². The number of hydrogen-bond acceptors (Lipinski definition) is 4. The first kappa shape index (κ1) is 21.7. The molecule has 1 aliphatic rings. The number of halogens is 1. The molecule has 0 saturated heterocycles. The van der Waals surface area contributed by atoms with Crippen molar-refractivity contribution in [2.45, 2.75) is 43.7 Å². The summed E-state index contributed by atoms with van der Waals surface area (Å²) < 4.78 is 41.1. The molecule has 0 aliphatic heterocycles. The van der Waals surface area contributed by atoms with Crippen LogP contribution in [0.25, 0.3) is 0 Å².